The van der Waals surface area contributed by atoms with E-state index in [-0.39, 0.29) is 11.1 Å². The summed E-state index contributed by atoms with van der Waals surface area (Å²) in [6, 6.07) is 2.15. The van der Waals surface area contributed by atoms with Crippen LogP contribution in [0.3, 0.4) is 0 Å². The van der Waals surface area contributed by atoms with E-state index in [9.17, 15) is 17.6 Å². The molecule has 1 aliphatic heterocycles. The van der Waals surface area contributed by atoms with Crippen LogP contribution in [0.1, 0.15) is 17.2 Å². The van der Waals surface area contributed by atoms with Gasteiger partial charge in [-0.05, 0) is 24.1 Å². The molecule has 1 atom stereocenters. The van der Waals surface area contributed by atoms with Crippen LogP contribution in [-0.4, -0.2) is 37.3 Å². The molecule has 1 heterocycles. The molecular weight excluding hydrogens is 260 g/mol. The average Bonchev–Trinajstić information content (AvgIpc) is 2.35. The number of nitrogens with zero attached hydrogens (tertiary/aromatic N) is 1. The molecule has 2 nitrogen and oxygen atoms in total. The first-order valence-corrected chi connectivity index (χ1v) is 6.18. The van der Waals surface area contributed by atoms with E-state index >= 15 is 0 Å². The Balaban J connectivity index is 2.40. The second-order valence-corrected chi connectivity index (χ2v) is 4.68. The standard InChI is InChI=1S/C13H16F4N2/c1-9-10(3-2-4-11(9)14)12(13(15,16)17)19-7-5-18-6-8-19/h2-4,12,18H,5-8H2,1H3/t12-/m0/s1. The number of hydrogen-bond donors (Lipinski definition) is 1. The lowest BCUT2D eigenvalue weighted by Gasteiger charge is -2.36. The predicted molar refractivity (Wildman–Crippen MR) is 64.4 cm³/mol. The summed E-state index contributed by atoms with van der Waals surface area (Å²) in [5.41, 5.74) is 0.0813. The molecule has 0 amide bonds. The van der Waals surface area contributed by atoms with Crippen LogP contribution in [-0.2, 0) is 0 Å². The van der Waals surface area contributed by atoms with Crippen molar-refractivity contribution < 1.29 is 17.6 Å². The third-order valence-corrected chi connectivity index (χ3v) is 3.43. The van der Waals surface area contributed by atoms with Crippen molar-refractivity contribution in [1.29, 1.82) is 0 Å². The SMILES string of the molecule is Cc1c(F)cccc1[C@H](N1CCNCC1)C(F)(F)F. The van der Waals surface area contributed by atoms with E-state index in [2.05, 4.69) is 5.32 Å². The smallest absolute Gasteiger partial charge is 0.314 e. The quantitative estimate of drug-likeness (QED) is 0.835. The molecule has 1 N–H and O–H groups in total. The van der Waals surface area contributed by atoms with Crippen LogP contribution in [0, 0.1) is 12.7 Å². The van der Waals surface area contributed by atoms with Crippen LogP contribution in [0.15, 0.2) is 18.2 Å². The zero-order valence-corrected chi connectivity index (χ0v) is 10.6. The summed E-state index contributed by atoms with van der Waals surface area (Å²) in [6.45, 7) is 3.04. The van der Waals surface area contributed by atoms with E-state index in [1.165, 1.54) is 30.0 Å². The molecule has 106 valence electrons. The van der Waals surface area contributed by atoms with Crippen molar-refractivity contribution in [2.75, 3.05) is 26.2 Å². The van der Waals surface area contributed by atoms with Gasteiger partial charge in [0, 0.05) is 26.2 Å². The van der Waals surface area contributed by atoms with Gasteiger partial charge in [-0.25, -0.2) is 4.39 Å². The fraction of sp³-hybridized carbons (Fsp3) is 0.538. The van der Waals surface area contributed by atoms with Crippen molar-refractivity contribution >= 4 is 0 Å². The van der Waals surface area contributed by atoms with E-state index in [1.54, 1.807) is 0 Å². The minimum Gasteiger partial charge on any atom is -0.314 e. The van der Waals surface area contributed by atoms with Gasteiger partial charge in [0.25, 0.3) is 0 Å². The van der Waals surface area contributed by atoms with Gasteiger partial charge < -0.3 is 5.32 Å². The molecular formula is C13H16F4N2. The van der Waals surface area contributed by atoms with Crippen molar-refractivity contribution in [3.05, 3.63) is 35.1 Å². The van der Waals surface area contributed by atoms with Crippen LogP contribution in [0.4, 0.5) is 17.6 Å². The van der Waals surface area contributed by atoms with Crippen molar-refractivity contribution in [2.24, 2.45) is 0 Å². The molecule has 1 aliphatic rings. The Kier molecular flexibility index (Phi) is 4.10. The molecule has 0 aliphatic carbocycles. The van der Waals surface area contributed by atoms with E-state index in [0.717, 1.165) is 0 Å². The third-order valence-electron chi connectivity index (χ3n) is 3.43. The lowest BCUT2D eigenvalue weighted by molar-refractivity contribution is -0.188. The fourth-order valence-corrected chi connectivity index (χ4v) is 2.44. The van der Waals surface area contributed by atoms with Gasteiger partial charge in [0.05, 0.1) is 0 Å². The maximum atomic E-state index is 13.5. The minimum absolute atomic E-state index is 0.00870. The average molecular weight is 276 g/mol. The maximum Gasteiger partial charge on any atom is 0.408 e. The van der Waals surface area contributed by atoms with Crippen LogP contribution in [0.5, 0.6) is 0 Å². The van der Waals surface area contributed by atoms with Crippen LogP contribution in [0.25, 0.3) is 0 Å². The van der Waals surface area contributed by atoms with E-state index in [1.807, 2.05) is 0 Å². The number of benzene rings is 1. The summed E-state index contributed by atoms with van der Waals surface area (Å²) in [5, 5.41) is 3.02. The van der Waals surface area contributed by atoms with Gasteiger partial charge in [0.2, 0.25) is 0 Å². The topological polar surface area (TPSA) is 15.3 Å². The van der Waals surface area contributed by atoms with Crippen molar-refractivity contribution in [3.63, 3.8) is 0 Å². The number of nitrogens with one attached hydrogen (secondary N) is 1. The lowest BCUT2D eigenvalue weighted by Crippen LogP contribution is -2.49. The molecule has 0 unspecified atom stereocenters. The summed E-state index contributed by atoms with van der Waals surface area (Å²) in [6.07, 6.45) is -4.41. The second kappa shape index (κ2) is 5.46. The molecule has 1 aromatic carbocycles. The third kappa shape index (κ3) is 3.06. The highest BCUT2D eigenvalue weighted by atomic mass is 19.4. The molecule has 0 aromatic heterocycles. The van der Waals surface area contributed by atoms with E-state index in [0.29, 0.717) is 26.2 Å². The van der Waals surface area contributed by atoms with Gasteiger partial charge in [-0.1, -0.05) is 12.1 Å². The Bertz CT molecular complexity index is 439. The molecule has 6 heteroatoms. The van der Waals surface area contributed by atoms with E-state index in [4.69, 9.17) is 0 Å². The second-order valence-electron chi connectivity index (χ2n) is 4.68. The number of alkyl halides is 3. The molecule has 0 bridgehead atoms. The van der Waals surface area contributed by atoms with Gasteiger partial charge in [-0.2, -0.15) is 13.2 Å². The van der Waals surface area contributed by atoms with Gasteiger partial charge >= 0.3 is 6.18 Å². The van der Waals surface area contributed by atoms with Crippen molar-refractivity contribution in [1.82, 2.24) is 10.2 Å². The summed E-state index contributed by atoms with van der Waals surface area (Å²) >= 11 is 0. The number of hydrogen-bond acceptors (Lipinski definition) is 2. The first-order chi connectivity index (χ1) is 8.91. The Morgan fingerprint density at radius 2 is 1.84 bits per heavy atom. The maximum absolute atomic E-state index is 13.5. The summed E-state index contributed by atoms with van der Waals surface area (Å²) in [7, 11) is 0. The first kappa shape index (κ1) is 14.3. The molecule has 1 saturated heterocycles. The van der Waals surface area contributed by atoms with E-state index < -0.39 is 18.0 Å². The zero-order valence-electron chi connectivity index (χ0n) is 10.6. The highest BCUT2D eigenvalue weighted by molar-refractivity contribution is 5.31. The highest BCUT2D eigenvalue weighted by Gasteiger charge is 2.45. The molecule has 2 rings (SSSR count). The highest BCUT2D eigenvalue weighted by Crippen LogP contribution is 2.39. The zero-order chi connectivity index (χ0) is 14.0. The molecule has 0 spiro atoms. The van der Waals surface area contributed by atoms with Crippen LogP contribution >= 0.6 is 0 Å². The Morgan fingerprint density at radius 1 is 1.21 bits per heavy atom. The molecule has 1 fully saturated rings. The Morgan fingerprint density at radius 3 is 2.42 bits per heavy atom. The lowest BCUT2D eigenvalue weighted by atomic mass is 9.98. The minimum atomic E-state index is -4.41. The molecule has 0 saturated carbocycles. The van der Waals surface area contributed by atoms with Crippen molar-refractivity contribution in [2.45, 2.75) is 19.1 Å². The monoisotopic (exact) mass is 276 g/mol. The normalized spacial score (nSPS) is 19.4. The van der Waals surface area contributed by atoms with Gasteiger partial charge in [-0.3, -0.25) is 4.90 Å². The summed E-state index contributed by atoms with van der Waals surface area (Å²) in [5.74, 6) is -0.595. The molecule has 0 radical (unpaired) electrons. The van der Waals surface area contributed by atoms with Gasteiger partial charge in [-0.15, -0.1) is 0 Å². The van der Waals surface area contributed by atoms with Crippen molar-refractivity contribution in [3.8, 4) is 0 Å². The predicted octanol–water partition coefficient (Wildman–Crippen LogP) is 2.64. The number of halogens is 4. The van der Waals surface area contributed by atoms with Crippen LogP contribution in [0.2, 0.25) is 0 Å². The molecule has 1 aromatic rings. The summed E-state index contributed by atoms with van der Waals surface area (Å²) < 4.78 is 53.4. The Hall–Kier alpha value is -1.14. The Labute approximate surface area is 109 Å². The molecule has 19 heavy (non-hydrogen) atoms. The van der Waals surface area contributed by atoms with Gasteiger partial charge in [0.1, 0.15) is 11.9 Å². The number of rotatable bonds is 2. The van der Waals surface area contributed by atoms with Crippen LogP contribution < -0.4 is 5.32 Å². The van der Waals surface area contributed by atoms with Gasteiger partial charge in [0.15, 0.2) is 0 Å². The first-order valence-electron chi connectivity index (χ1n) is 6.18. The largest absolute Gasteiger partial charge is 0.408 e. The fourth-order valence-electron chi connectivity index (χ4n) is 2.44. The summed E-state index contributed by atoms with van der Waals surface area (Å²) in [4.78, 5) is 1.36. The number of piperazine rings is 1.